The van der Waals surface area contributed by atoms with E-state index in [1.165, 1.54) is 23.5 Å². The van der Waals surface area contributed by atoms with Gasteiger partial charge in [0.2, 0.25) is 10.0 Å². The number of carbonyl (C=O) groups is 2. The Kier molecular flexibility index (Phi) is 8.22. The molecule has 8 nitrogen and oxygen atoms in total. The smallest absolute Gasteiger partial charge is 0.338 e. The Bertz CT molecular complexity index is 1000. The zero-order valence-corrected chi connectivity index (χ0v) is 18.4. The van der Waals surface area contributed by atoms with E-state index < -0.39 is 28.5 Å². The van der Waals surface area contributed by atoms with Crippen molar-refractivity contribution < 1.29 is 27.5 Å². The van der Waals surface area contributed by atoms with Crippen LogP contribution in [-0.2, 0) is 19.6 Å². The van der Waals surface area contributed by atoms with E-state index in [4.69, 9.17) is 21.1 Å². The first-order valence-electron chi connectivity index (χ1n) is 9.13. The number of ether oxygens (including phenoxy) is 2. The molecular formula is C20H23ClN2O6S. The second-order valence-electron chi connectivity index (χ2n) is 6.09. The van der Waals surface area contributed by atoms with E-state index in [2.05, 4.69) is 5.32 Å². The quantitative estimate of drug-likeness (QED) is 0.584. The molecule has 0 atom stereocenters. The van der Waals surface area contributed by atoms with Crippen molar-refractivity contribution in [1.29, 1.82) is 0 Å². The highest BCUT2D eigenvalue weighted by Gasteiger charge is 2.26. The molecular weight excluding hydrogens is 432 g/mol. The fraction of sp³-hybridized carbons (Fsp3) is 0.300. The molecule has 0 aromatic heterocycles. The molecule has 0 bridgehead atoms. The van der Waals surface area contributed by atoms with Gasteiger partial charge in [-0.25, -0.2) is 13.2 Å². The Morgan fingerprint density at radius 2 is 1.70 bits per heavy atom. The molecule has 0 saturated carbocycles. The van der Waals surface area contributed by atoms with Crippen molar-refractivity contribution in [2.45, 2.75) is 18.7 Å². The number of benzene rings is 2. The molecule has 0 radical (unpaired) electrons. The summed E-state index contributed by atoms with van der Waals surface area (Å²) < 4.78 is 36.7. The Labute approximate surface area is 180 Å². The maximum Gasteiger partial charge on any atom is 0.338 e. The molecule has 0 fully saturated rings. The van der Waals surface area contributed by atoms with Gasteiger partial charge in [-0.2, -0.15) is 4.31 Å². The van der Waals surface area contributed by atoms with E-state index in [-0.39, 0.29) is 28.6 Å². The number of amides is 1. The summed E-state index contributed by atoms with van der Waals surface area (Å²) in [4.78, 5) is 24.1. The van der Waals surface area contributed by atoms with Gasteiger partial charge < -0.3 is 14.8 Å². The Hall–Kier alpha value is -2.62. The van der Waals surface area contributed by atoms with Gasteiger partial charge in [-0.1, -0.05) is 25.4 Å². The molecule has 162 valence electrons. The molecule has 0 aliphatic carbocycles. The first-order chi connectivity index (χ1) is 14.2. The summed E-state index contributed by atoms with van der Waals surface area (Å²) in [5.74, 6) is -0.747. The molecule has 0 saturated heterocycles. The van der Waals surface area contributed by atoms with Gasteiger partial charge in [-0.15, -0.1) is 0 Å². The molecule has 0 aliphatic rings. The van der Waals surface area contributed by atoms with E-state index in [0.29, 0.717) is 11.4 Å². The number of methoxy groups -OCH3 is 1. The third-order valence-electron chi connectivity index (χ3n) is 4.20. The second-order valence-corrected chi connectivity index (χ2v) is 8.40. The predicted molar refractivity (Wildman–Crippen MR) is 113 cm³/mol. The summed E-state index contributed by atoms with van der Waals surface area (Å²) in [5.41, 5.74) is 0.485. The number of sulfonamides is 1. The first-order valence-corrected chi connectivity index (χ1v) is 11.0. The van der Waals surface area contributed by atoms with Crippen molar-refractivity contribution in [3.8, 4) is 5.75 Å². The van der Waals surface area contributed by atoms with Crippen LogP contribution in [0.25, 0.3) is 0 Å². The number of carbonyl (C=O) groups excluding carboxylic acids is 2. The minimum absolute atomic E-state index is 0.00398. The minimum Gasteiger partial charge on any atom is -0.497 e. The highest BCUT2D eigenvalue weighted by atomic mass is 35.5. The number of hydrogen-bond acceptors (Lipinski definition) is 6. The molecule has 0 aliphatic heterocycles. The maximum absolute atomic E-state index is 12.7. The van der Waals surface area contributed by atoms with Gasteiger partial charge in [0.15, 0.2) is 6.61 Å². The van der Waals surface area contributed by atoms with Gasteiger partial charge in [0.1, 0.15) is 10.6 Å². The Morgan fingerprint density at radius 1 is 1.07 bits per heavy atom. The van der Waals surface area contributed by atoms with Crippen LogP contribution < -0.4 is 10.1 Å². The average Bonchev–Trinajstić information content (AvgIpc) is 2.73. The molecule has 0 heterocycles. The summed E-state index contributed by atoms with van der Waals surface area (Å²) in [7, 11) is -2.33. The van der Waals surface area contributed by atoms with Crippen LogP contribution in [0.3, 0.4) is 0 Å². The molecule has 2 aromatic rings. The molecule has 1 N–H and O–H groups in total. The fourth-order valence-corrected chi connectivity index (χ4v) is 4.57. The number of nitrogens with zero attached hydrogens (tertiary/aromatic N) is 1. The van der Waals surface area contributed by atoms with E-state index in [1.807, 2.05) is 0 Å². The summed E-state index contributed by atoms with van der Waals surface area (Å²) in [6.07, 6.45) is 0. The second kappa shape index (κ2) is 10.4. The van der Waals surface area contributed by atoms with Crippen LogP contribution in [0.15, 0.2) is 47.4 Å². The number of anilines is 1. The summed E-state index contributed by atoms with van der Waals surface area (Å²) in [6.45, 7) is 3.39. The number of esters is 1. The maximum atomic E-state index is 12.7. The van der Waals surface area contributed by atoms with Crippen molar-refractivity contribution in [3.63, 3.8) is 0 Å². The molecule has 0 spiro atoms. The van der Waals surface area contributed by atoms with Gasteiger partial charge in [-0.05, 0) is 42.5 Å². The van der Waals surface area contributed by atoms with Gasteiger partial charge in [-0.3, -0.25) is 4.79 Å². The topological polar surface area (TPSA) is 102 Å². The zero-order chi connectivity index (χ0) is 22.3. The molecule has 2 rings (SSSR count). The predicted octanol–water partition coefficient (Wildman–Crippen LogP) is 3.17. The van der Waals surface area contributed by atoms with Crippen LogP contribution in [-0.4, -0.2) is 51.4 Å². The third kappa shape index (κ3) is 5.71. The van der Waals surface area contributed by atoms with Crippen molar-refractivity contribution in [3.05, 3.63) is 53.1 Å². The van der Waals surface area contributed by atoms with E-state index in [9.17, 15) is 18.0 Å². The highest BCUT2D eigenvalue weighted by molar-refractivity contribution is 7.89. The van der Waals surface area contributed by atoms with Gasteiger partial charge in [0.05, 0.1) is 17.7 Å². The first kappa shape index (κ1) is 23.7. The van der Waals surface area contributed by atoms with Gasteiger partial charge in [0.25, 0.3) is 5.91 Å². The van der Waals surface area contributed by atoms with Crippen LogP contribution >= 0.6 is 11.6 Å². The fourth-order valence-electron chi connectivity index (χ4n) is 2.62. The lowest BCUT2D eigenvalue weighted by Gasteiger charge is -2.19. The van der Waals surface area contributed by atoms with Crippen molar-refractivity contribution in [2.24, 2.45) is 0 Å². The number of hydrogen-bond donors (Lipinski definition) is 1. The minimum atomic E-state index is -3.86. The molecule has 0 unspecified atom stereocenters. The van der Waals surface area contributed by atoms with Crippen LogP contribution in [0.1, 0.15) is 24.2 Å². The SMILES string of the molecule is CCN(CC)S(=O)(=O)c1cc(C(=O)OCC(=O)Nc2ccc(OC)cc2)ccc1Cl. The number of rotatable bonds is 9. The molecule has 1 amide bonds. The average molecular weight is 455 g/mol. The number of halogens is 1. The summed E-state index contributed by atoms with van der Waals surface area (Å²) >= 11 is 6.05. The lowest BCUT2D eigenvalue weighted by atomic mass is 10.2. The van der Waals surface area contributed by atoms with E-state index in [0.717, 1.165) is 6.07 Å². The van der Waals surface area contributed by atoms with Crippen molar-refractivity contribution in [2.75, 3.05) is 32.1 Å². The van der Waals surface area contributed by atoms with Crippen molar-refractivity contribution >= 4 is 39.2 Å². The van der Waals surface area contributed by atoms with Crippen LogP contribution in [0, 0.1) is 0 Å². The zero-order valence-electron chi connectivity index (χ0n) is 16.8. The number of nitrogens with one attached hydrogen (secondary N) is 1. The van der Waals surface area contributed by atoms with E-state index >= 15 is 0 Å². The Balaban J connectivity index is 2.07. The van der Waals surface area contributed by atoms with Crippen LogP contribution in [0.4, 0.5) is 5.69 Å². The largest absolute Gasteiger partial charge is 0.497 e. The van der Waals surface area contributed by atoms with Crippen LogP contribution in [0.5, 0.6) is 5.75 Å². The summed E-state index contributed by atoms with van der Waals surface area (Å²) in [6, 6.07) is 10.4. The normalized spacial score (nSPS) is 11.2. The lowest BCUT2D eigenvalue weighted by Crippen LogP contribution is -2.31. The lowest BCUT2D eigenvalue weighted by molar-refractivity contribution is -0.119. The highest BCUT2D eigenvalue weighted by Crippen LogP contribution is 2.26. The van der Waals surface area contributed by atoms with Crippen molar-refractivity contribution in [1.82, 2.24) is 4.31 Å². The van der Waals surface area contributed by atoms with Gasteiger partial charge in [0, 0.05) is 18.8 Å². The molecule has 2 aromatic carbocycles. The molecule has 30 heavy (non-hydrogen) atoms. The standard InChI is InChI=1S/C20H23ClN2O6S/c1-4-23(5-2)30(26,27)18-12-14(6-11-17(18)21)20(25)29-13-19(24)22-15-7-9-16(28-3)10-8-15/h6-12H,4-5,13H2,1-3H3,(H,22,24). The van der Waals surface area contributed by atoms with Crippen LogP contribution in [0.2, 0.25) is 5.02 Å². The molecule has 10 heteroatoms. The van der Waals surface area contributed by atoms with Gasteiger partial charge >= 0.3 is 5.97 Å². The van der Waals surface area contributed by atoms with E-state index in [1.54, 1.807) is 38.1 Å². The summed E-state index contributed by atoms with van der Waals surface area (Å²) in [5, 5.41) is 2.58. The Morgan fingerprint density at radius 3 is 2.27 bits per heavy atom. The monoisotopic (exact) mass is 454 g/mol. The third-order valence-corrected chi connectivity index (χ3v) is 6.73.